The van der Waals surface area contributed by atoms with Crippen LogP contribution in [0.4, 0.5) is 4.39 Å². The number of likely N-dealkylation sites (tertiary alicyclic amines) is 1. The molecule has 5 nitrogen and oxygen atoms in total. The molecule has 6 heteroatoms. The van der Waals surface area contributed by atoms with Crippen molar-refractivity contribution < 1.29 is 23.8 Å². The van der Waals surface area contributed by atoms with Gasteiger partial charge in [-0.05, 0) is 42.7 Å². The molecule has 0 amide bonds. The normalized spacial score (nSPS) is 18.5. The van der Waals surface area contributed by atoms with Crippen LogP contribution in [0.5, 0.6) is 11.5 Å². The molecule has 0 aliphatic carbocycles. The van der Waals surface area contributed by atoms with E-state index >= 15 is 0 Å². The molecule has 0 spiro atoms. The fraction of sp³-hybridized carbons (Fsp3) is 0.350. The minimum atomic E-state index is -0.864. The third-order valence-corrected chi connectivity index (χ3v) is 4.81. The van der Waals surface area contributed by atoms with Crippen molar-refractivity contribution in [2.24, 2.45) is 0 Å². The number of aliphatic carboxylic acids is 1. The van der Waals surface area contributed by atoms with Crippen molar-refractivity contribution >= 4 is 5.97 Å². The van der Waals surface area contributed by atoms with Gasteiger partial charge in [-0.15, -0.1) is 0 Å². The number of carboxylic acid groups (broad SMARTS) is 1. The summed E-state index contributed by atoms with van der Waals surface area (Å²) in [5, 5.41) is 9.62. The van der Waals surface area contributed by atoms with Crippen molar-refractivity contribution in [3.63, 3.8) is 0 Å². The fourth-order valence-electron chi connectivity index (χ4n) is 3.63. The Morgan fingerprint density at radius 2 is 2.04 bits per heavy atom. The number of methoxy groups -OCH3 is 2. The highest BCUT2D eigenvalue weighted by Crippen LogP contribution is 2.40. The second kappa shape index (κ2) is 7.74. The SMILES string of the molecule is COc1ccc(C(c2cccc(F)c2)N2CCCC2C(=O)O)c(OC)c1. The molecule has 2 aromatic carbocycles. The first kappa shape index (κ1) is 18.2. The van der Waals surface area contributed by atoms with Crippen LogP contribution in [0.25, 0.3) is 0 Å². The third kappa shape index (κ3) is 3.51. The van der Waals surface area contributed by atoms with Gasteiger partial charge in [0.1, 0.15) is 23.4 Å². The van der Waals surface area contributed by atoms with Crippen LogP contribution >= 0.6 is 0 Å². The minimum Gasteiger partial charge on any atom is -0.497 e. The summed E-state index contributed by atoms with van der Waals surface area (Å²) >= 11 is 0. The van der Waals surface area contributed by atoms with Crippen molar-refractivity contribution in [2.75, 3.05) is 20.8 Å². The lowest BCUT2D eigenvalue weighted by Gasteiger charge is -2.33. The zero-order chi connectivity index (χ0) is 18.7. The van der Waals surface area contributed by atoms with Gasteiger partial charge in [0.2, 0.25) is 0 Å². The molecular formula is C20H22FNO4. The van der Waals surface area contributed by atoms with Gasteiger partial charge in [0.15, 0.2) is 0 Å². The molecular weight excluding hydrogens is 337 g/mol. The van der Waals surface area contributed by atoms with Crippen molar-refractivity contribution in [3.05, 3.63) is 59.4 Å². The molecule has 0 aromatic heterocycles. The second-order valence-corrected chi connectivity index (χ2v) is 6.30. The number of hydrogen-bond donors (Lipinski definition) is 1. The maximum Gasteiger partial charge on any atom is 0.320 e. The van der Waals surface area contributed by atoms with Crippen molar-refractivity contribution in [1.29, 1.82) is 0 Å². The monoisotopic (exact) mass is 359 g/mol. The fourth-order valence-corrected chi connectivity index (χ4v) is 3.63. The Labute approximate surface area is 152 Å². The van der Waals surface area contributed by atoms with Crippen LogP contribution in [0.3, 0.4) is 0 Å². The van der Waals surface area contributed by atoms with Crippen LogP contribution in [0, 0.1) is 5.82 Å². The molecule has 26 heavy (non-hydrogen) atoms. The number of halogens is 1. The average Bonchev–Trinajstić information content (AvgIpc) is 3.12. The summed E-state index contributed by atoms with van der Waals surface area (Å²) in [6.07, 6.45) is 1.35. The Balaban J connectivity index is 2.14. The second-order valence-electron chi connectivity index (χ2n) is 6.30. The molecule has 1 fully saturated rings. The summed E-state index contributed by atoms with van der Waals surface area (Å²) in [6.45, 7) is 0.618. The van der Waals surface area contributed by atoms with E-state index in [1.807, 2.05) is 17.0 Å². The molecule has 2 unspecified atom stereocenters. The summed E-state index contributed by atoms with van der Waals surface area (Å²) < 4.78 is 24.7. The number of rotatable bonds is 6. The molecule has 0 bridgehead atoms. The first-order valence-corrected chi connectivity index (χ1v) is 8.51. The first-order valence-electron chi connectivity index (χ1n) is 8.51. The number of carbonyl (C=O) groups is 1. The van der Waals surface area contributed by atoms with E-state index in [-0.39, 0.29) is 5.82 Å². The van der Waals surface area contributed by atoms with Crippen LogP contribution in [-0.2, 0) is 4.79 Å². The Kier molecular flexibility index (Phi) is 5.42. The standard InChI is InChI=1S/C20H22FNO4/c1-25-15-8-9-16(18(12-15)26-2)19(13-5-3-6-14(21)11-13)22-10-4-7-17(22)20(23)24/h3,5-6,8-9,11-12,17,19H,4,7,10H2,1-2H3,(H,23,24). The number of benzene rings is 2. The van der Waals surface area contributed by atoms with Crippen molar-refractivity contribution in [3.8, 4) is 11.5 Å². The highest BCUT2D eigenvalue weighted by molar-refractivity contribution is 5.74. The molecule has 3 rings (SSSR count). The Morgan fingerprint density at radius 3 is 2.69 bits per heavy atom. The van der Waals surface area contributed by atoms with Crippen molar-refractivity contribution in [2.45, 2.75) is 24.9 Å². The van der Waals surface area contributed by atoms with Crippen LogP contribution in [0.1, 0.15) is 30.0 Å². The van der Waals surface area contributed by atoms with E-state index < -0.39 is 18.1 Å². The highest BCUT2D eigenvalue weighted by atomic mass is 19.1. The van der Waals surface area contributed by atoms with Gasteiger partial charge in [-0.25, -0.2) is 4.39 Å². The molecule has 1 aliphatic rings. The summed E-state index contributed by atoms with van der Waals surface area (Å²) in [5.41, 5.74) is 1.48. The number of carboxylic acids is 1. The van der Waals surface area contributed by atoms with Gasteiger partial charge >= 0.3 is 5.97 Å². The number of nitrogens with zero attached hydrogens (tertiary/aromatic N) is 1. The lowest BCUT2D eigenvalue weighted by Crippen LogP contribution is -2.39. The minimum absolute atomic E-state index is 0.356. The van der Waals surface area contributed by atoms with Gasteiger partial charge < -0.3 is 14.6 Å². The maximum atomic E-state index is 13.9. The Morgan fingerprint density at radius 1 is 1.23 bits per heavy atom. The van der Waals surface area contributed by atoms with E-state index in [9.17, 15) is 14.3 Å². The molecule has 2 atom stereocenters. The predicted octanol–water partition coefficient (Wildman–Crippen LogP) is 3.48. The lowest BCUT2D eigenvalue weighted by atomic mass is 9.95. The topological polar surface area (TPSA) is 59.0 Å². The van der Waals surface area contributed by atoms with Crippen LogP contribution in [0.15, 0.2) is 42.5 Å². The molecule has 0 radical (unpaired) electrons. The van der Waals surface area contributed by atoms with E-state index in [4.69, 9.17) is 9.47 Å². The summed E-state index contributed by atoms with van der Waals surface area (Å²) in [4.78, 5) is 13.6. The number of ether oxygens (including phenoxy) is 2. The van der Waals surface area contributed by atoms with E-state index in [1.165, 1.54) is 12.1 Å². The van der Waals surface area contributed by atoms with Crippen molar-refractivity contribution in [1.82, 2.24) is 4.90 Å². The van der Waals surface area contributed by atoms with Gasteiger partial charge in [0.25, 0.3) is 0 Å². The smallest absolute Gasteiger partial charge is 0.320 e. The van der Waals surface area contributed by atoms with E-state index in [1.54, 1.807) is 32.4 Å². The van der Waals surface area contributed by atoms with Gasteiger partial charge in [-0.3, -0.25) is 9.69 Å². The third-order valence-electron chi connectivity index (χ3n) is 4.81. The first-order chi connectivity index (χ1) is 12.5. The molecule has 1 aliphatic heterocycles. The number of hydrogen-bond acceptors (Lipinski definition) is 4. The molecule has 138 valence electrons. The van der Waals surface area contributed by atoms with Crippen LogP contribution in [0.2, 0.25) is 0 Å². The molecule has 1 heterocycles. The molecule has 2 aromatic rings. The highest BCUT2D eigenvalue weighted by Gasteiger charge is 2.38. The van der Waals surface area contributed by atoms with Crippen LogP contribution < -0.4 is 9.47 Å². The lowest BCUT2D eigenvalue weighted by molar-refractivity contribution is -0.142. The quantitative estimate of drug-likeness (QED) is 0.856. The predicted molar refractivity (Wildman–Crippen MR) is 95.2 cm³/mol. The summed E-state index contributed by atoms with van der Waals surface area (Å²) in [5.74, 6) is -0.00289. The van der Waals surface area contributed by atoms with Gasteiger partial charge in [0.05, 0.1) is 20.3 Å². The zero-order valence-corrected chi connectivity index (χ0v) is 14.8. The zero-order valence-electron chi connectivity index (χ0n) is 14.8. The Hall–Kier alpha value is -2.60. The molecule has 1 saturated heterocycles. The summed E-state index contributed by atoms with van der Waals surface area (Å²) in [7, 11) is 3.12. The largest absolute Gasteiger partial charge is 0.497 e. The molecule has 1 N–H and O–H groups in total. The van der Waals surface area contributed by atoms with Gasteiger partial charge in [-0.1, -0.05) is 12.1 Å². The van der Waals surface area contributed by atoms with Gasteiger partial charge in [0, 0.05) is 18.2 Å². The maximum absolute atomic E-state index is 13.9. The van der Waals surface area contributed by atoms with E-state index in [0.29, 0.717) is 30.0 Å². The van der Waals surface area contributed by atoms with Gasteiger partial charge in [-0.2, -0.15) is 0 Å². The Bertz CT molecular complexity index is 795. The van der Waals surface area contributed by atoms with Crippen LogP contribution in [-0.4, -0.2) is 42.8 Å². The van der Waals surface area contributed by atoms with E-state index in [0.717, 1.165) is 12.0 Å². The average molecular weight is 359 g/mol. The van der Waals surface area contributed by atoms with E-state index in [2.05, 4.69) is 0 Å². The summed E-state index contributed by atoms with van der Waals surface area (Å²) in [6, 6.07) is 10.7. The molecule has 0 saturated carbocycles.